The van der Waals surface area contributed by atoms with E-state index in [1.165, 1.54) is 22.1 Å². The molecular formula is C21H23N5S2. The number of aryl methyl sites for hydroxylation is 1. The smallest absolute Gasteiger partial charge is 0.193 e. The predicted molar refractivity (Wildman–Crippen MR) is 116 cm³/mol. The van der Waals surface area contributed by atoms with Crippen LogP contribution in [0, 0.1) is 13.8 Å². The highest BCUT2D eigenvalue weighted by Crippen LogP contribution is 2.49. The van der Waals surface area contributed by atoms with E-state index < -0.39 is 0 Å². The number of aliphatic imine (C=N–C) groups is 1. The fourth-order valence-electron chi connectivity index (χ4n) is 4.39. The molecule has 0 N–H and O–H groups in total. The van der Waals surface area contributed by atoms with Crippen LogP contribution in [0.15, 0.2) is 47.0 Å². The Labute approximate surface area is 173 Å². The van der Waals surface area contributed by atoms with E-state index in [4.69, 9.17) is 4.99 Å². The second-order valence-electron chi connectivity index (χ2n) is 7.31. The molecule has 3 aromatic rings. The van der Waals surface area contributed by atoms with E-state index >= 15 is 0 Å². The fraction of sp³-hybridized carbons (Fsp3) is 0.381. The molecule has 3 atom stereocenters. The molecule has 0 spiro atoms. The Morgan fingerprint density at radius 2 is 2.07 bits per heavy atom. The largest absolute Gasteiger partial charge is 0.338 e. The van der Waals surface area contributed by atoms with Gasteiger partial charge in [-0.3, -0.25) is 14.5 Å². The SMILES string of the molecule is CC[C@@H]1CSC2=N[C@@H](c3ccccn3)[C@@H](c3cc(C)n(-c4nccs4)c3C)N21. The molecule has 7 heteroatoms. The summed E-state index contributed by atoms with van der Waals surface area (Å²) in [6.45, 7) is 6.65. The first-order chi connectivity index (χ1) is 13.7. The van der Waals surface area contributed by atoms with Gasteiger partial charge >= 0.3 is 0 Å². The summed E-state index contributed by atoms with van der Waals surface area (Å²) in [5.74, 6) is 1.12. The molecule has 2 aliphatic rings. The second-order valence-corrected chi connectivity index (χ2v) is 9.17. The molecule has 28 heavy (non-hydrogen) atoms. The number of fused-ring (bicyclic) bond motifs is 1. The summed E-state index contributed by atoms with van der Waals surface area (Å²) in [7, 11) is 0. The van der Waals surface area contributed by atoms with Gasteiger partial charge in [-0.15, -0.1) is 11.3 Å². The number of aromatic nitrogens is 3. The number of amidine groups is 1. The van der Waals surface area contributed by atoms with Crippen molar-refractivity contribution in [3.05, 3.63) is 64.7 Å². The predicted octanol–water partition coefficient (Wildman–Crippen LogP) is 4.93. The van der Waals surface area contributed by atoms with Gasteiger partial charge in [-0.2, -0.15) is 0 Å². The molecule has 5 nitrogen and oxygen atoms in total. The maximum Gasteiger partial charge on any atom is 0.193 e. The zero-order chi connectivity index (χ0) is 19.3. The molecule has 0 bridgehead atoms. The molecule has 0 radical (unpaired) electrons. The molecule has 0 aliphatic carbocycles. The van der Waals surface area contributed by atoms with Crippen molar-refractivity contribution in [2.75, 3.05) is 5.75 Å². The van der Waals surface area contributed by atoms with Crippen LogP contribution >= 0.6 is 23.1 Å². The first-order valence-corrected chi connectivity index (χ1v) is 11.5. The van der Waals surface area contributed by atoms with E-state index in [0.29, 0.717) is 6.04 Å². The van der Waals surface area contributed by atoms with Crippen molar-refractivity contribution in [2.24, 2.45) is 4.99 Å². The number of thioether (sulfide) groups is 1. The average Bonchev–Trinajstić information content (AvgIpc) is 3.47. The van der Waals surface area contributed by atoms with E-state index in [2.05, 4.69) is 58.4 Å². The monoisotopic (exact) mass is 409 g/mol. The summed E-state index contributed by atoms with van der Waals surface area (Å²) in [5, 5.41) is 4.23. The number of thiazole rings is 1. The normalized spacial score (nSPS) is 23.9. The van der Waals surface area contributed by atoms with Crippen LogP contribution in [0.2, 0.25) is 0 Å². The van der Waals surface area contributed by atoms with Crippen molar-refractivity contribution in [3.63, 3.8) is 0 Å². The molecule has 1 fully saturated rings. The fourth-order valence-corrected chi connectivity index (χ4v) is 6.48. The van der Waals surface area contributed by atoms with Gasteiger partial charge in [-0.25, -0.2) is 4.98 Å². The Hall–Kier alpha value is -2.12. The minimum absolute atomic E-state index is 0.0308. The van der Waals surface area contributed by atoms with Gasteiger partial charge < -0.3 is 4.90 Å². The Morgan fingerprint density at radius 3 is 2.79 bits per heavy atom. The van der Waals surface area contributed by atoms with Gasteiger partial charge in [-0.05, 0) is 44.0 Å². The highest BCUT2D eigenvalue weighted by molar-refractivity contribution is 8.14. The first-order valence-electron chi connectivity index (χ1n) is 9.67. The Bertz CT molecular complexity index is 1010. The number of hydrogen-bond donors (Lipinski definition) is 0. The zero-order valence-electron chi connectivity index (χ0n) is 16.2. The highest BCUT2D eigenvalue weighted by Gasteiger charge is 2.46. The number of pyridine rings is 1. The molecule has 5 heterocycles. The Morgan fingerprint density at radius 1 is 1.18 bits per heavy atom. The van der Waals surface area contributed by atoms with Crippen LogP contribution in [0.1, 0.15) is 48.1 Å². The summed E-state index contributed by atoms with van der Waals surface area (Å²) in [5.41, 5.74) is 4.85. The van der Waals surface area contributed by atoms with Crippen LogP contribution in [-0.2, 0) is 0 Å². The maximum absolute atomic E-state index is 5.14. The van der Waals surface area contributed by atoms with Gasteiger partial charge in [0.2, 0.25) is 0 Å². The van der Waals surface area contributed by atoms with Crippen LogP contribution in [0.3, 0.4) is 0 Å². The molecule has 0 saturated carbocycles. The number of rotatable bonds is 4. The van der Waals surface area contributed by atoms with Gasteiger partial charge in [0.1, 0.15) is 6.04 Å². The van der Waals surface area contributed by atoms with E-state index in [0.717, 1.165) is 23.0 Å². The summed E-state index contributed by atoms with van der Waals surface area (Å²) >= 11 is 3.56. The van der Waals surface area contributed by atoms with Crippen LogP contribution in [0.25, 0.3) is 5.13 Å². The van der Waals surface area contributed by atoms with E-state index in [1.807, 2.05) is 35.6 Å². The molecule has 144 valence electrons. The van der Waals surface area contributed by atoms with Gasteiger partial charge in [0.15, 0.2) is 10.3 Å². The molecule has 0 amide bonds. The minimum Gasteiger partial charge on any atom is -0.338 e. The van der Waals surface area contributed by atoms with Gasteiger partial charge in [0.05, 0.1) is 11.7 Å². The topological polar surface area (TPSA) is 46.3 Å². The van der Waals surface area contributed by atoms with Crippen LogP contribution in [-0.4, -0.2) is 36.4 Å². The Kier molecular flexibility index (Phi) is 4.51. The Balaban J connectivity index is 1.65. The molecule has 1 saturated heterocycles. The summed E-state index contributed by atoms with van der Waals surface area (Å²) in [6, 6.07) is 9.20. The lowest BCUT2D eigenvalue weighted by molar-refractivity contribution is 0.254. The van der Waals surface area contributed by atoms with Crippen LogP contribution < -0.4 is 0 Å². The van der Waals surface area contributed by atoms with E-state index in [-0.39, 0.29) is 12.1 Å². The van der Waals surface area contributed by atoms with E-state index in [9.17, 15) is 0 Å². The highest BCUT2D eigenvalue weighted by atomic mass is 32.2. The molecule has 2 aliphatic heterocycles. The zero-order valence-corrected chi connectivity index (χ0v) is 17.9. The lowest BCUT2D eigenvalue weighted by Crippen LogP contribution is -2.35. The molecule has 0 unspecified atom stereocenters. The summed E-state index contributed by atoms with van der Waals surface area (Å²) < 4.78 is 2.28. The van der Waals surface area contributed by atoms with Crippen molar-refractivity contribution in [1.82, 2.24) is 19.4 Å². The summed E-state index contributed by atoms with van der Waals surface area (Å²) in [4.78, 5) is 16.9. The maximum atomic E-state index is 5.14. The van der Waals surface area contributed by atoms with Crippen molar-refractivity contribution >= 4 is 28.3 Å². The van der Waals surface area contributed by atoms with Crippen molar-refractivity contribution in [1.29, 1.82) is 0 Å². The molecule has 5 rings (SSSR count). The van der Waals surface area contributed by atoms with Gasteiger partial charge in [0, 0.05) is 41.0 Å². The average molecular weight is 410 g/mol. The third-order valence-electron chi connectivity index (χ3n) is 5.73. The van der Waals surface area contributed by atoms with E-state index in [1.54, 1.807) is 11.3 Å². The number of hydrogen-bond acceptors (Lipinski definition) is 6. The lowest BCUT2D eigenvalue weighted by atomic mass is 9.95. The van der Waals surface area contributed by atoms with Gasteiger partial charge in [-0.1, -0.05) is 24.8 Å². The third-order valence-corrected chi connectivity index (χ3v) is 7.61. The quantitative estimate of drug-likeness (QED) is 0.613. The first kappa shape index (κ1) is 17.9. The van der Waals surface area contributed by atoms with Crippen LogP contribution in [0.5, 0.6) is 0 Å². The van der Waals surface area contributed by atoms with Crippen molar-refractivity contribution in [2.45, 2.75) is 45.3 Å². The molecule has 3 aromatic heterocycles. The lowest BCUT2D eigenvalue weighted by Gasteiger charge is -2.31. The second kappa shape index (κ2) is 7.04. The standard InChI is InChI=1S/C21H23N5S2/c1-4-15-12-28-21-24-18(17-7-5-6-8-22-17)19(26(15)21)16-11-13(2)25(14(16)3)20-23-9-10-27-20/h5-11,15,18-19H,4,12H2,1-3H3/t15-,18+,19-/m1/s1. The summed E-state index contributed by atoms with van der Waals surface area (Å²) in [6.07, 6.45) is 4.87. The third kappa shape index (κ3) is 2.71. The van der Waals surface area contributed by atoms with Crippen LogP contribution in [0.4, 0.5) is 0 Å². The molecule has 0 aromatic carbocycles. The molecular weight excluding hydrogens is 386 g/mol. The number of nitrogens with zero attached hydrogens (tertiary/aromatic N) is 5. The minimum atomic E-state index is 0.0308. The van der Waals surface area contributed by atoms with Crippen molar-refractivity contribution in [3.8, 4) is 5.13 Å². The van der Waals surface area contributed by atoms with Crippen molar-refractivity contribution < 1.29 is 0 Å². The van der Waals surface area contributed by atoms with Gasteiger partial charge in [0.25, 0.3) is 0 Å².